The minimum absolute atomic E-state index is 0.0705. The first-order valence-electron chi connectivity index (χ1n) is 9.91. The van der Waals surface area contributed by atoms with E-state index in [-0.39, 0.29) is 18.0 Å². The van der Waals surface area contributed by atoms with Gasteiger partial charge < -0.3 is 9.72 Å². The van der Waals surface area contributed by atoms with Gasteiger partial charge in [-0.25, -0.2) is 4.98 Å². The van der Waals surface area contributed by atoms with Gasteiger partial charge in [0.25, 0.3) is 5.69 Å². The van der Waals surface area contributed by atoms with Crippen molar-refractivity contribution in [1.82, 2.24) is 9.38 Å². The highest BCUT2D eigenvalue weighted by molar-refractivity contribution is 5.93. The summed E-state index contributed by atoms with van der Waals surface area (Å²) in [4.78, 5) is 28.2. The summed E-state index contributed by atoms with van der Waals surface area (Å²) in [6, 6.07) is 16.0. The summed E-state index contributed by atoms with van der Waals surface area (Å²) in [5.41, 5.74) is 6.97. The summed E-state index contributed by atoms with van der Waals surface area (Å²) in [5.74, 6) is -0.270. The van der Waals surface area contributed by atoms with Crippen LogP contribution in [0.1, 0.15) is 22.4 Å². The van der Waals surface area contributed by atoms with Gasteiger partial charge in [0.05, 0.1) is 22.7 Å². The first-order chi connectivity index (χ1) is 14.8. The van der Waals surface area contributed by atoms with Gasteiger partial charge in [-0.3, -0.25) is 14.9 Å². The molecule has 0 bridgehead atoms. The maximum Gasteiger partial charge on any atom is 0.271 e. The number of aromatic nitrogens is 2. The van der Waals surface area contributed by atoms with Crippen LogP contribution >= 0.6 is 0 Å². The minimum Gasteiger partial charge on any atom is -0.325 e. The van der Waals surface area contributed by atoms with Crippen LogP contribution in [0.5, 0.6) is 0 Å². The molecule has 7 heteroatoms. The van der Waals surface area contributed by atoms with Crippen LogP contribution in [0, 0.1) is 30.9 Å². The molecule has 0 saturated heterocycles. The Kier molecular flexibility index (Phi) is 5.25. The SMILES string of the molecule is Cc1ccn2c(CC(=O)Nc3cccc([N+](=O)[O-])c3)c(-c3ccc(C)c(C)c3)nc2c1. The molecular formula is C24H22N4O3. The number of pyridine rings is 1. The van der Waals surface area contributed by atoms with Gasteiger partial charge in [0.1, 0.15) is 5.65 Å². The number of carbonyl (C=O) groups excluding carboxylic acids is 1. The number of non-ortho nitro benzene ring substituents is 1. The number of aryl methyl sites for hydroxylation is 3. The quantitative estimate of drug-likeness (QED) is 0.367. The normalized spacial score (nSPS) is 10.9. The van der Waals surface area contributed by atoms with Crippen LogP contribution < -0.4 is 5.32 Å². The van der Waals surface area contributed by atoms with E-state index in [1.165, 1.54) is 17.7 Å². The summed E-state index contributed by atoms with van der Waals surface area (Å²) in [6.45, 7) is 6.10. The second-order valence-electron chi connectivity index (χ2n) is 7.67. The van der Waals surface area contributed by atoms with Crippen molar-refractivity contribution in [2.24, 2.45) is 0 Å². The van der Waals surface area contributed by atoms with Crippen LogP contribution in [0.3, 0.4) is 0 Å². The highest BCUT2D eigenvalue weighted by Gasteiger charge is 2.18. The Morgan fingerprint density at radius 3 is 2.61 bits per heavy atom. The van der Waals surface area contributed by atoms with E-state index < -0.39 is 4.92 Å². The van der Waals surface area contributed by atoms with Gasteiger partial charge in [0.2, 0.25) is 5.91 Å². The number of nitrogens with zero attached hydrogens (tertiary/aromatic N) is 3. The van der Waals surface area contributed by atoms with Crippen molar-refractivity contribution in [3.05, 3.63) is 93.3 Å². The van der Waals surface area contributed by atoms with Crippen molar-refractivity contribution < 1.29 is 9.72 Å². The molecule has 1 amide bonds. The zero-order valence-electron chi connectivity index (χ0n) is 17.5. The smallest absolute Gasteiger partial charge is 0.271 e. The van der Waals surface area contributed by atoms with E-state index in [0.717, 1.165) is 33.7 Å². The Morgan fingerprint density at radius 1 is 1.06 bits per heavy atom. The van der Waals surface area contributed by atoms with E-state index in [1.54, 1.807) is 12.1 Å². The summed E-state index contributed by atoms with van der Waals surface area (Å²) in [6.07, 6.45) is 1.99. The highest BCUT2D eigenvalue weighted by atomic mass is 16.6. The van der Waals surface area contributed by atoms with Gasteiger partial charge in [-0.2, -0.15) is 0 Å². The number of rotatable bonds is 5. The van der Waals surface area contributed by atoms with Gasteiger partial charge in [-0.05, 0) is 61.7 Å². The maximum absolute atomic E-state index is 12.9. The second kappa shape index (κ2) is 8.02. The number of imidazole rings is 1. The van der Waals surface area contributed by atoms with Crippen molar-refractivity contribution in [3.63, 3.8) is 0 Å². The van der Waals surface area contributed by atoms with Crippen molar-refractivity contribution in [2.45, 2.75) is 27.2 Å². The van der Waals surface area contributed by atoms with E-state index >= 15 is 0 Å². The second-order valence-corrected chi connectivity index (χ2v) is 7.67. The molecule has 0 unspecified atom stereocenters. The van der Waals surface area contributed by atoms with Crippen LogP contribution in [0.15, 0.2) is 60.8 Å². The third kappa shape index (κ3) is 4.16. The molecule has 2 aromatic carbocycles. The summed E-state index contributed by atoms with van der Waals surface area (Å²) in [5, 5.41) is 13.8. The molecule has 0 aliphatic rings. The van der Waals surface area contributed by atoms with Gasteiger partial charge in [-0.1, -0.05) is 18.2 Å². The lowest BCUT2D eigenvalue weighted by atomic mass is 10.0. The molecule has 2 heterocycles. The molecule has 0 saturated carbocycles. The zero-order chi connectivity index (χ0) is 22.1. The van der Waals surface area contributed by atoms with Crippen LogP contribution in [0.4, 0.5) is 11.4 Å². The number of hydrogen-bond acceptors (Lipinski definition) is 4. The number of amides is 1. The molecule has 0 aliphatic carbocycles. The van der Waals surface area contributed by atoms with E-state index in [9.17, 15) is 14.9 Å². The molecule has 4 aromatic rings. The van der Waals surface area contributed by atoms with Crippen LogP contribution in [-0.4, -0.2) is 20.2 Å². The third-order valence-electron chi connectivity index (χ3n) is 5.33. The molecule has 2 aromatic heterocycles. The van der Waals surface area contributed by atoms with Gasteiger partial charge in [0, 0.05) is 29.6 Å². The molecular weight excluding hydrogens is 392 g/mol. The third-order valence-corrected chi connectivity index (χ3v) is 5.33. The Hall–Kier alpha value is -4.00. The zero-order valence-corrected chi connectivity index (χ0v) is 17.5. The Labute approximate surface area is 179 Å². The number of benzene rings is 2. The van der Waals surface area contributed by atoms with Gasteiger partial charge in [0.15, 0.2) is 0 Å². The molecule has 0 aliphatic heterocycles. The van der Waals surface area contributed by atoms with Crippen molar-refractivity contribution >= 4 is 22.9 Å². The molecule has 0 radical (unpaired) electrons. The number of nitro benzene ring substituents is 1. The predicted octanol–water partition coefficient (Wildman–Crippen LogP) is 5.02. The molecule has 0 atom stereocenters. The van der Waals surface area contributed by atoms with Crippen LogP contribution in [0.25, 0.3) is 16.9 Å². The fraction of sp³-hybridized carbons (Fsp3) is 0.167. The number of hydrogen-bond donors (Lipinski definition) is 1. The highest BCUT2D eigenvalue weighted by Crippen LogP contribution is 2.27. The predicted molar refractivity (Wildman–Crippen MR) is 120 cm³/mol. The first-order valence-corrected chi connectivity index (χ1v) is 9.91. The fourth-order valence-electron chi connectivity index (χ4n) is 3.54. The largest absolute Gasteiger partial charge is 0.325 e. The van der Waals surface area contributed by atoms with Crippen molar-refractivity contribution in [3.8, 4) is 11.3 Å². The lowest BCUT2D eigenvalue weighted by molar-refractivity contribution is -0.384. The molecule has 31 heavy (non-hydrogen) atoms. The van der Waals surface area contributed by atoms with Crippen molar-refractivity contribution in [2.75, 3.05) is 5.32 Å². The Balaban J connectivity index is 1.72. The molecule has 4 rings (SSSR count). The van der Waals surface area contributed by atoms with Crippen molar-refractivity contribution in [1.29, 1.82) is 0 Å². The Morgan fingerprint density at radius 2 is 1.87 bits per heavy atom. The van der Waals surface area contributed by atoms with E-state index in [4.69, 9.17) is 4.98 Å². The summed E-state index contributed by atoms with van der Waals surface area (Å²) < 4.78 is 1.92. The molecule has 1 N–H and O–H groups in total. The first kappa shape index (κ1) is 20.3. The number of nitrogens with one attached hydrogen (secondary N) is 1. The fourth-order valence-corrected chi connectivity index (χ4v) is 3.54. The number of nitro groups is 1. The number of fused-ring (bicyclic) bond motifs is 1. The molecule has 7 nitrogen and oxygen atoms in total. The monoisotopic (exact) mass is 414 g/mol. The summed E-state index contributed by atoms with van der Waals surface area (Å²) in [7, 11) is 0. The lowest BCUT2D eigenvalue weighted by Crippen LogP contribution is -2.16. The van der Waals surface area contributed by atoms with Crippen LogP contribution in [-0.2, 0) is 11.2 Å². The average Bonchev–Trinajstić information content (AvgIpc) is 3.07. The van der Waals surface area contributed by atoms with E-state index in [1.807, 2.05) is 48.7 Å². The van der Waals surface area contributed by atoms with Gasteiger partial charge >= 0.3 is 0 Å². The molecule has 0 spiro atoms. The molecule has 0 fully saturated rings. The molecule has 156 valence electrons. The Bertz CT molecular complexity index is 1320. The van der Waals surface area contributed by atoms with Crippen LogP contribution in [0.2, 0.25) is 0 Å². The maximum atomic E-state index is 12.9. The topological polar surface area (TPSA) is 89.5 Å². The minimum atomic E-state index is -0.486. The number of anilines is 1. The van der Waals surface area contributed by atoms with Gasteiger partial charge in [-0.15, -0.1) is 0 Å². The average molecular weight is 414 g/mol. The number of carbonyl (C=O) groups is 1. The lowest BCUT2D eigenvalue weighted by Gasteiger charge is -2.09. The summed E-state index contributed by atoms with van der Waals surface area (Å²) >= 11 is 0. The van der Waals surface area contributed by atoms with E-state index in [0.29, 0.717) is 5.69 Å². The van der Waals surface area contributed by atoms with E-state index in [2.05, 4.69) is 18.3 Å². The standard InChI is InChI=1S/C24H22N4O3/c1-15-9-10-27-21(14-23(29)25-19-5-4-6-20(13-19)28(30)31)24(26-22(27)11-15)18-8-7-16(2)17(3)12-18/h4-13H,14H2,1-3H3,(H,25,29).